The van der Waals surface area contributed by atoms with Crippen LogP contribution in [-0.4, -0.2) is 45.5 Å². The van der Waals surface area contributed by atoms with Gasteiger partial charge in [0.25, 0.3) is 0 Å². The zero-order chi connectivity index (χ0) is 15.3. The highest BCUT2D eigenvalue weighted by Gasteiger charge is 2.27. The van der Waals surface area contributed by atoms with Gasteiger partial charge in [-0.3, -0.25) is 4.90 Å². The summed E-state index contributed by atoms with van der Waals surface area (Å²) in [5.41, 5.74) is 0.956. The molecule has 1 aliphatic carbocycles. The number of nitrogens with zero attached hydrogens (tertiary/aromatic N) is 1. The van der Waals surface area contributed by atoms with Gasteiger partial charge in [0.1, 0.15) is 0 Å². The second kappa shape index (κ2) is 7.24. The minimum atomic E-state index is -3.35. The fourth-order valence-corrected chi connectivity index (χ4v) is 3.45. The Morgan fingerprint density at radius 3 is 2.38 bits per heavy atom. The molecule has 0 spiro atoms. The Kier molecular flexibility index (Phi) is 5.61. The molecule has 5 nitrogen and oxygen atoms in total. The maximum absolute atomic E-state index is 11.8. The number of likely N-dealkylation sites (N-methyl/N-ethyl adjacent to an activating group) is 1. The van der Waals surface area contributed by atoms with Gasteiger partial charge in [-0.1, -0.05) is 13.8 Å². The summed E-state index contributed by atoms with van der Waals surface area (Å²) in [4.78, 5) is 2.79. The van der Waals surface area contributed by atoms with E-state index in [1.54, 1.807) is 19.1 Å². The minimum Gasteiger partial charge on any atom is -0.384 e. The molecule has 2 rings (SSSR count). The van der Waals surface area contributed by atoms with Gasteiger partial charge in [0.2, 0.25) is 10.0 Å². The number of nitrogens with one attached hydrogen (secondary N) is 2. The van der Waals surface area contributed by atoms with Crippen molar-refractivity contribution in [3.8, 4) is 0 Å². The normalized spacial score (nSPS) is 15.4. The standard InChI is InChI=1S/C15H25N3O2S/c1-3-17-21(19,20)15-9-5-13(6-10-15)16-11-12-18(4-2)14-7-8-14/h5-6,9-10,14,16-17H,3-4,7-8,11-12H2,1-2H3. The largest absolute Gasteiger partial charge is 0.384 e. The molecule has 1 aromatic rings. The summed E-state index contributed by atoms with van der Waals surface area (Å²) in [7, 11) is -3.35. The molecule has 0 aromatic heterocycles. The second-order valence-corrected chi connectivity index (χ2v) is 7.08. The predicted octanol–water partition coefficient (Wildman–Crippen LogP) is 1.88. The van der Waals surface area contributed by atoms with Crippen LogP contribution < -0.4 is 10.0 Å². The van der Waals surface area contributed by atoms with Gasteiger partial charge in [-0.05, 0) is 43.7 Å². The summed E-state index contributed by atoms with van der Waals surface area (Å²) in [5, 5.41) is 3.35. The predicted molar refractivity (Wildman–Crippen MR) is 86.1 cm³/mol. The molecule has 0 heterocycles. The summed E-state index contributed by atoms with van der Waals surface area (Å²) in [6, 6.07) is 7.69. The number of hydrogen-bond acceptors (Lipinski definition) is 4. The summed E-state index contributed by atoms with van der Waals surface area (Å²) in [6.45, 7) is 7.36. The van der Waals surface area contributed by atoms with Crippen molar-refractivity contribution in [3.05, 3.63) is 24.3 Å². The number of anilines is 1. The molecular formula is C15H25N3O2S. The first kappa shape index (κ1) is 16.3. The molecule has 2 N–H and O–H groups in total. The smallest absolute Gasteiger partial charge is 0.240 e. The molecule has 118 valence electrons. The first-order chi connectivity index (χ1) is 10.1. The Labute approximate surface area is 127 Å². The number of benzene rings is 1. The monoisotopic (exact) mass is 311 g/mol. The molecule has 1 aromatic carbocycles. The van der Waals surface area contributed by atoms with Crippen molar-refractivity contribution in [2.75, 3.05) is 31.5 Å². The lowest BCUT2D eigenvalue weighted by molar-refractivity contribution is 0.289. The summed E-state index contributed by atoms with van der Waals surface area (Å²) in [6.07, 6.45) is 2.65. The average molecular weight is 311 g/mol. The van der Waals surface area contributed by atoms with E-state index in [9.17, 15) is 8.42 Å². The highest BCUT2D eigenvalue weighted by Crippen LogP contribution is 2.26. The van der Waals surface area contributed by atoms with Crippen LogP contribution in [-0.2, 0) is 10.0 Å². The molecule has 0 atom stereocenters. The lowest BCUT2D eigenvalue weighted by Gasteiger charge is -2.20. The molecule has 0 unspecified atom stereocenters. The third-order valence-electron chi connectivity index (χ3n) is 3.70. The van der Waals surface area contributed by atoms with E-state index < -0.39 is 10.0 Å². The van der Waals surface area contributed by atoms with Gasteiger partial charge < -0.3 is 5.32 Å². The first-order valence-corrected chi connectivity index (χ1v) is 9.12. The molecule has 6 heteroatoms. The lowest BCUT2D eigenvalue weighted by Crippen LogP contribution is -2.30. The van der Waals surface area contributed by atoms with Crippen LogP contribution in [0.3, 0.4) is 0 Å². The van der Waals surface area contributed by atoms with Crippen LogP contribution in [0.15, 0.2) is 29.2 Å². The third-order valence-corrected chi connectivity index (χ3v) is 5.26. The average Bonchev–Trinajstić information content (AvgIpc) is 3.29. The number of sulfonamides is 1. The van der Waals surface area contributed by atoms with Crippen molar-refractivity contribution in [2.45, 2.75) is 37.6 Å². The highest BCUT2D eigenvalue weighted by molar-refractivity contribution is 7.89. The van der Waals surface area contributed by atoms with Gasteiger partial charge in [0, 0.05) is 31.4 Å². The Morgan fingerprint density at radius 1 is 1.19 bits per heavy atom. The zero-order valence-corrected chi connectivity index (χ0v) is 13.6. The van der Waals surface area contributed by atoms with E-state index in [1.807, 2.05) is 12.1 Å². The highest BCUT2D eigenvalue weighted by atomic mass is 32.2. The fraction of sp³-hybridized carbons (Fsp3) is 0.600. The van der Waals surface area contributed by atoms with Gasteiger partial charge in [-0.2, -0.15) is 0 Å². The van der Waals surface area contributed by atoms with Gasteiger partial charge >= 0.3 is 0 Å². The Balaban J connectivity index is 1.84. The van der Waals surface area contributed by atoms with Gasteiger partial charge in [0.05, 0.1) is 4.90 Å². The third kappa shape index (κ3) is 4.69. The lowest BCUT2D eigenvalue weighted by atomic mass is 10.3. The fourth-order valence-electron chi connectivity index (χ4n) is 2.41. The minimum absolute atomic E-state index is 0.308. The van der Waals surface area contributed by atoms with Crippen molar-refractivity contribution in [2.24, 2.45) is 0 Å². The molecule has 1 aliphatic rings. The van der Waals surface area contributed by atoms with Crippen LogP contribution >= 0.6 is 0 Å². The maximum Gasteiger partial charge on any atom is 0.240 e. The van der Waals surface area contributed by atoms with E-state index in [0.29, 0.717) is 11.4 Å². The summed E-state index contributed by atoms with van der Waals surface area (Å²) >= 11 is 0. The van der Waals surface area contributed by atoms with Gasteiger partial charge in [-0.25, -0.2) is 13.1 Å². The van der Waals surface area contributed by atoms with Crippen LogP contribution in [0.1, 0.15) is 26.7 Å². The van der Waals surface area contributed by atoms with Gasteiger partial charge in [0.15, 0.2) is 0 Å². The van der Waals surface area contributed by atoms with E-state index in [4.69, 9.17) is 0 Å². The second-order valence-electron chi connectivity index (χ2n) is 5.31. The number of rotatable bonds is 9. The molecule has 0 saturated heterocycles. The molecule has 1 saturated carbocycles. The molecule has 0 aliphatic heterocycles. The Bertz CT molecular complexity index is 539. The van der Waals surface area contributed by atoms with Crippen LogP contribution in [0.2, 0.25) is 0 Å². The van der Waals surface area contributed by atoms with E-state index >= 15 is 0 Å². The van der Waals surface area contributed by atoms with E-state index in [0.717, 1.165) is 31.4 Å². The van der Waals surface area contributed by atoms with E-state index in [2.05, 4.69) is 21.9 Å². The molecule has 0 amide bonds. The Hall–Kier alpha value is -1.11. The van der Waals surface area contributed by atoms with E-state index in [1.165, 1.54) is 12.8 Å². The molecule has 1 fully saturated rings. The van der Waals surface area contributed by atoms with Crippen LogP contribution in [0.25, 0.3) is 0 Å². The van der Waals surface area contributed by atoms with Crippen molar-refractivity contribution >= 4 is 15.7 Å². The molecule has 21 heavy (non-hydrogen) atoms. The van der Waals surface area contributed by atoms with Crippen molar-refractivity contribution in [1.82, 2.24) is 9.62 Å². The SMILES string of the molecule is CCNS(=O)(=O)c1ccc(NCCN(CC)C2CC2)cc1. The maximum atomic E-state index is 11.8. The quantitative estimate of drug-likeness (QED) is 0.731. The molecular weight excluding hydrogens is 286 g/mol. The molecule has 0 radical (unpaired) electrons. The summed E-state index contributed by atoms with van der Waals surface area (Å²) < 4.78 is 26.1. The van der Waals surface area contributed by atoms with E-state index in [-0.39, 0.29) is 0 Å². The molecule has 0 bridgehead atoms. The van der Waals surface area contributed by atoms with Crippen LogP contribution in [0, 0.1) is 0 Å². The Morgan fingerprint density at radius 2 is 1.86 bits per heavy atom. The van der Waals surface area contributed by atoms with Crippen LogP contribution in [0.5, 0.6) is 0 Å². The van der Waals surface area contributed by atoms with Crippen LogP contribution in [0.4, 0.5) is 5.69 Å². The summed E-state index contributed by atoms with van der Waals surface area (Å²) in [5.74, 6) is 0. The van der Waals surface area contributed by atoms with Crippen molar-refractivity contribution < 1.29 is 8.42 Å². The first-order valence-electron chi connectivity index (χ1n) is 7.64. The number of hydrogen-bond donors (Lipinski definition) is 2. The van der Waals surface area contributed by atoms with Crippen molar-refractivity contribution in [3.63, 3.8) is 0 Å². The van der Waals surface area contributed by atoms with Gasteiger partial charge in [-0.15, -0.1) is 0 Å². The topological polar surface area (TPSA) is 61.4 Å². The van der Waals surface area contributed by atoms with Crippen molar-refractivity contribution in [1.29, 1.82) is 0 Å². The zero-order valence-electron chi connectivity index (χ0n) is 12.8.